The van der Waals surface area contributed by atoms with Crippen LogP contribution in [0.1, 0.15) is 27.7 Å². The molecule has 10 heavy (non-hydrogen) atoms. The van der Waals surface area contributed by atoms with Gasteiger partial charge in [0.1, 0.15) is 6.29 Å². The molecule has 2 heteroatoms. The SMILES string of the molecule is CC=O.CCN(C)C(C)C. The first-order valence-corrected chi connectivity index (χ1v) is 3.70. The van der Waals surface area contributed by atoms with E-state index >= 15 is 0 Å². The normalized spacial score (nSPS) is 9.10. The van der Waals surface area contributed by atoms with E-state index in [9.17, 15) is 0 Å². The van der Waals surface area contributed by atoms with Crippen molar-refractivity contribution in [2.45, 2.75) is 33.7 Å². The van der Waals surface area contributed by atoms with Gasteiger partial charge in [0.05, 0.1) is 0 Å². The predicted molar refractivity (Wildman–Crippen MR) is 45.2 cm³/mol. The minimum absolute atomic E-state index is 0.699. The Balaban J connectivity index is 0. The Labute approximate surface area is 64.2 Å². The quantitative estimate of drug-likeness (QED) is 0.549. The average molecular weight is 145 g/mol. The van der Waals surface area contributed by atoms with Crippen molar-refractivity contribution < 1.29 is 4.79 Å². The molecular weight excluding hydrogens is 126 g/mol. The van der Waals surface area contributed by atoms with E-state index in [0.29, 0.717) is 6.04 Å². The summed E-state index contributed by atoms with van der Waals surface area (Å²) >= 11 is 0. The van der Waals surface area contributed by atoms with Gasteiger partial charge >= 0.3 is 0 Å². The molecular formula is C8H19NO. The van der Waals surface area contributed by atoms with Crippen LogP contribution in [0, 0.1) is 0 Å². The summed E-state index contributed by atoms with van der Waals surface area (Å²) in [7, 11) is 2.13. The summed E-state index contributed by atoms with van der Waals surface area (Å²) in [4.78, 5) is 11.1. The van der Waals surface area contributed by atoms with Crippen molar-refractivity contribution in [2.24, 2.45) is 0 Å². The lowest BCUT2D eigenvalue weighted by Gasteiger charge is -2.17. The van der Waals surface area contributed by atoms with Crippen molar-refractivity contribution in [1.29, 1.82) is 0 Å². The molecule has 0 saturated heterocycles. The Morgan fingerprint density at radius 1 is 1.50 bits per heavy atom. The molecule has 2 nitrogen and oxygen atoms in total. The lowest BCUT2D eigenvalue weighted by atomic mass is 10.3. The van der Waals surface area contributed by atoms with Crippen molar-refractivity contribution >= 4 is 6.29 Å². The van der Waals surface area contributed by atoms with E-state index in [1.165, 1.54) is 6.92 Å². The van der Waals surface area contributed by atoms with Crippen molar-refractivity contribution in [2.75, 3.05) is 13.6 Å². The van der Waals surface area contributed by atoms with Gasteiger partial charge in [-0.3, -0.25) is 0 Å². The third-order valence-electron chi connectivity index (χ3n) is 1.38. The van der Waals surface area contributed by atoms with E-state index < -0.39 is 0 Å². The molecule has 0 saturated carbocycles. The lowest BCUT2D eigenvalue weighted by molar-refractivity contribution is -0.106. The fourth-order valence-electron chi connectivity index (χ4n) is 0.365. The van der Waals surface area contributed by atoms with Crippen LogP contribution in [-0.2, 0) is 4.79 Å². The zero-order chi connectivity index (χ0) is 8.57. The molecule has 0 N–H and O–H groups in total. The van der Waals surface area contributed by atoms with Gasteiger partial charge in [-0.15, -0.1) is 0 Å². The van der Waals surface area contributed by atoms with Gasteiger partial charge in [-0.05, 0) is 34.4 Å². The molecule has 0 aliphatic rings. The van der Waals surface area contributed by atoms with Gasteiger partial charge in [0, 0.05) is 6.04 Å². The Morgan fingerprint density at radius 2 is 1.80 bits per heavy atom. The largest absolute Gasteiger partial charge is 0.304 e. The third kappa shape index (κ3) is 10.6. The second kappa shape index (κ2) is 8.63. The van der Waals surface area contributed by atoms with Crippen LogP contribution in [0.4, 0.5) is 0 Å². The second-order valence-corrected chi connectivity index (χ2v) is 2.40. The van der Waals surface area contributed by atoms with Gasteiger partial charge in [0.15, 0.2) is 0 Å². The van der Waals surface area contributed by atoms with E-state index in [1.54, 1.807) is 0 Å². The van der Waals surface area contributed by atoms with E-state index in [4.69, 9.17) is 4.79 Å². The minimum Gasteiger partial charge on any atom is -0.304 e. The number of nitrogens with zero attached hydrogens (tertiary/aromatic N) is 1. The Morgan fingerprint density at radius 3 is 1.80 bits per heavy atom. The first kappa shape index (κ1) is 12.3. The third-order valence-corrected chi connectivity index (χ3v) is 1.38. The molecule has 0 fully saturated rings. The number of hydrogen-bond donors (Lipinski definition) is 0. The molecule has 0 aromatic rings. The van der Waals surface area contributed by atoms with Crippen molar-refractivity contribution in [1.82, 2.24) is 4.90 Å². The molecule has 0 amide bonds. The number of hydrogen-bond acceptors (Lipinski definition) is 2. The lowest BCUT2D eigenvalue weighted by Crippen LogP contribution is -2.25. The molecule has 0 bridgehead atoms. The van der Waals surface area contributed by atoms with Gasteiger partial charge in [0.2, 0.25) is 0 Å². The van der Waals surface area contributed by atoms with Crippen LogP contribution >= 0.6 is 0 Å². The fraction of sp³-hybridized carbons (Fsp3) is 0.875. The van der Waals surface area contributed by atoms with Gasteiger partial charge in [-0.25, -0.2) is 0 Å². The topological polar surface area (TPSA) is 20.3 Å². The minimum atomic E-state index is 0.699. The molecule has 0 radical (unpaired) electrons. The molecule has 0 aliphatic heterocycles. The highest BCUT2D eigenvalue weighted by Crippen LogP contribution is 1.89. The first-order chi connectivity index (χ1) is 4.59. The van der Waals surface area contributed by atoms with E-state index in [2.05, 4.69) is 32.7 Å². The van der Waals surface area contributed by atoms with Crippen LogP contribution in [0.15, 0.2) is 0 Å². The summed E-state index contributed by atoms with van der Waals surface area (Å²) in [5.74, 6) is 0. The van der Waals surface area contributed by atoms with Crippen molar-refractivity contribution in [3.05, 3.63) is 0 Å². The average Bonchev–Trinajstić information content (AvgIpc) is 1.88. The zero-order valence-corrected chi connectivity index (χ0v) is 7.72. The van der Waals surface area contributed by atoms with Crippen LogP contribution < -0.4 is 0 Å². The molecule has 0 aromatic heterocycles. The van der Waals surface area contributed by atoms with Crippen LogP contribution in [-0.4, -0.2) is 30.8 Å². The number of carbonyl (C=O) groups excluding carboxylic acids is 1. The van der Waals surface area contributed by atoms with Crippen molar-refractivity contribution in [3.8, 4) is 0 Å². The van der Waals surface area contributed by atoms with Crippen LogP contribution in [0.2, 0.25) is 0 Å². The van der Waals surface area contributed by atoms with E-state index in [-0.39, 0.29) is 0 Å². The maximum Gasteiger partial charge on any atom is 0.116 e. The van der Waals surface area contributed by atoms with Gasteiger partial charge in [-0.2, -0.15) is 0 Å². The fourth-order valence-corrected chi connectivity index (χ4v) is 0.365. The standard InChI is InChI=1S/C6H15N.C2H4O/c1-5-7(4)6(2)3;1-2-3/h6H,5H2,1-4H3;2H,1H3. The smallest absolute Gasteiger partial charge is 0.116 e. The number of rotatable bonds is 2. The van der Waals surface area contributed by atoms with Crippen LogP contribution in [0.3, 0.4) is 0 Å². The molecule has 0 spiro atoms. The summed E-state index contributed by atoms with van der Waals surface area (Å²) in [6, 6.07) is 0.699. The highest BCUT2D eigenvalue weighted by Gasteiger charge is 1.95. The van der Waals surface area contributed by atoms with Gasteiger partial charge < -0.3 is 9.69 Å². The Bertz CT molecular complexity index is 71.7. The molecule has 0 heterocycles. The molecule has 0 aliphatic carbocycles. The Kier molecular flexibility index (Phi) is 10.6. The molecule has 0 aromatic carbocycles. The summed E-state index contributed by atoms with van der Waals surface area (Å²) < 4.78 is 0. The van der Waals surface area contributed by atoms with Crippen LogP contribution in [0.25, 0.3) is 0 Å². The highest BCUT2D eigenvalue weighted by molar-refractivity contribution is 5.44. The van der Waals surface area contributed by atoms with Crippen LogP contribution in [0.5, 0.6) is 0 Å². The summed E-state index contributed by atoms with van der Waals surface area (Å²) in [5.41, 5.74) is 0. The number of aldehydes is 1. The first-order valence-electron chi connectivity index (χ1n) is 3.70. The highest BCUT2D eigenvalue weighted by atomic mass is 16.1. The summed E-state index contributed by atoms with van der Waals surface area (Å²) in [6.45, 7) is 9.16. The van der Waals surface area contributed by atoms with Gasteiger partial charge in [0.25, 0.3) is 0 Å². The molecule has 0 atom stereocenters. The summed E-state index contributed by atoms with van der Waals surface area (Å²) in [5, 5.41) is 0. The molecule has 0 rings (SSSR count). The zero-order valence-electron chi connectivity index (χ0n) is 7.72. The predicted octanol–water partition coefficient (Wildman–Crippen LogP) is 1.55. The maximum atomic E-state index is 8.81. The van der Waals surface area contributed by atoms with Crippen molar-refractivity contribution in [3.63, 3.8) is 0 Å². The Hall–Kier alpha value is -0.370. The maximum absolute atomic E-state index is 8.81. The second-order valence-electron chi connectivity index (χ2n) is 2.40. The van der Waals surface area contributed by atoms with E-state index in [1.807, 2.05) is 0 Å². The van der Waals surface area contributed by atoms with E-state index in [0.717, 1.165) is 12.8 Å². The summed E-state index contributed by atoms with van der Waals surface area (Å²) in [6.07, 6.45) is 0.750. The monoisotopic (exact) mass is 145 g/mol. The molecule has 62 valence electrons. The number of carbonyl (C=O) groups is 1. The molecule has 0 unspecified atom stereocenters. The van der Waals surface area contributed by atoms with Gasteiger partial charge in [-0.1, -0.05) is 6.92 Å².